The lowest BCUT2D eigenvalue weighted by molar-refractivity contribution is 0.0955. The van der Waals surface area contributed by atoms with E-state index in [2.05, 4.69) is 26.2 Å². The topological polar surface area (TPSA) is 88.0 Å². The third kappa shape index (κ3) is 5.04. The molecule has 3 aromatic carbocycles. The SMILES string of the molecule is Nc1[nH]c(C(=O)c2ccccc2)c(-c2cccc(Br)c2)c1C(=O)NCCc1ccc(F)cc1. The highest BCUT2D eigenvalue weighted by molar-refractivity contribution is 9.10. The van der Waals surface area contributed by atoms with Crippen LogP contribution in [0, 0.1) is 5.82 Å². The number of hydrogen-bond donors (Lipinski definition) is 3. The Labute approximate surface area is 199 Å². The number of halogens is 2. The van der Waals surface area contributed by atoms with Gasteiger partial charge in [-0.2, -0.15) is 0 Å². The molecule has 166 valence electrons. The number of benzene rings is 3. The molecule has 7 heteroatoms. The van der Waals surface area contributed by atoms with Gasteiger partial charge in [0, 0.05) is 22.1 Å². The van der Waals surface area contributed by atoms with Gasteiger partial charge in [0.25, 0.3) is 5.91 Å². The van der Waals surface area contributed by atoms with Crippen molar-refractivity contribution in [3.8, 4) is 11.1 Å². The van der Waals surface area contributed by atoms with E-state index in [9.17, 15) is 14.0 Å². The number of carbonyl (C=O) groups is 2. The van der Waals surface area contributed by atoms with Crippen LogP contribution in [0.15, 0.2) is 83.3 Å². The van der Waals surface area contributed by atoms with Crippen molar-refractivity contribution in [3.63, 3.8) is 0 Å². The van der Waals surface area contributed by atoms with Crippen molar-refractivity contribution >= 4 is 33.4 Å². The van der Waals surface area contributed by atoms with E-state index in [1.165, 1.54) is 12.1 Å². The van der Waals surface area contributed by atoms with Crippen molar-refractivity contribution in [1.82, 2.24) is 10.3 Å². The Balaban J connectivity index is 1.68. The molecule has 4 N–H and O–H groups in total. The van der Waals surface area contributed by atoms with Gasteiger partial charge in [-0.1, -0.05) is 70.5 Å². The zero-order chi connectivity index (χ0) is 23.4. The van der Waals surface area contributed by atoms with Gasteiger partial charge in [-0.25, -0.2) is 4.39 Å². The number of aromatic amines is 1. The standard InChI is InChI=1S/C26H21BrFN3O2/c27-19-8-4-7-18(15-19)21-22(26(33)30-14-13-16-9-11-20(28)12-10-16)25(29)31-23(21)24(32)17-5-2-1-3-6-17/h1-12,15,31H,13-14,29H2,(H,30,33). The number of nitrogens with one attached hydrogen (secondary N) is 2. The molecule has 0 bridgehead atoms. The fourth-order valence-electron chi connectivity index (χ4n) is 3.65. The molecule has 1 aromatic heterocycles. The molecule has 0 atom stereocenters. The monoisotopic (exact) mass is 505 g/mol. The largest absolute Gasteiger partial charge is 0.385 e. The Morgan fingerprint density at radius 3 is 2.39 bits per heavy atom. The summed E-state index contributed by atoms with van der Waals surface area (Å²) in [4.78, 5) is 29.4. The third-order valence-electron chi connectivity index (χ3n) is 5.24. The fraction of sp³-hybridized carbons (Fsp3) is 0.0769. The highest BCUT2D eigenvalue weighted by atomic mass is 79.9. The second-order valence-electron chi connectivity index (χ2n) is 7.50. The molecule has 0 saturated heterocycles. The van der Waals surface area contributed by atoms with Gasteiger partial charge in [-0.15, -0.1) is 0 Å². The number of amides is 1. The van der Waals surface area contributed by atoms with Gasteiger partial charge in [0.1, 0.15) is 11.6 Å². The van der Waals surface area contributed by atoms with E-state index in [4.69, 9.17) is 5.73 Å². The van der Waals surface area contributed by atoms with E-state index in [-0.39, 0.29) is 28.7 Å². The van der Waals surface area contributed by atoms with Gasteiger partial charge in [-0.05, 0) is 41.8 Å². The number of hydrogen-bond acceptors (Lipinski definition) is 3. The smallest absolute Gasteiger partial charge is 0.255 e. The molecule has 5 nitrogen and oxygen atoms in total. The summed E-state index contributed by atoms with van der Waals surface area (Å²) >= 11 is 3.45. The van der Waals surface area contributed by atoms with Crippen LogP contribution in [-0.2, 0) is 6.42 Å². The van der Waals surface area contributed by atoms with Crippen molar-refractivity contribution in [2.24, 2.45) is 0 Å². The number of ketones is 1. The maximum Gasteiger partial charge on any atom is 0.255 e. The second-order valence-corrected chi connectivity index (χ2v) is 8.42. The summed E-state index contributed by atoms with van der Waals surface area (Å²) in [6.07, 6.45) is 0.526. The number of aromatic nitrogens is 1. The van der Waals surface area contributed by atoms with Crippen molar-refractivity contribution in [2.75, 3.05) is 12.3 Å². The molecule has 0 spiro atoms. The molecule has 4 rings (SSSR count). The van der Waals surface area contributed by atoms with E-state index in [1.807, 2.05) is 30.3 Å². The Hall–Kier alpha value is -3.71. The van der Waals surface area contributed by atoms with Gasteiger partial charge >= 0.3 is 0 Å². The number of carbonyl (C=O) groups excluding carboxylic acids is 2. The predicted octanol–water partition coefficient (Wildman–Crippen LogP) is 5.37. The Kier molecular flexibility index (Phi) is 6.70. The van der Waals surface area contributed by atoms with Crippen LogP contribution < -0.4 is 11.1 Å². The van der Waals surface area contributed by atoms with Crippen LogP contribution in [-0.4, -0.2) is 23.2 Å². The van der Waals surface area contributed by atoms with E-state index in [0.717, 1.165) is 10.0 Å². The summed E-state index contributed by atoms with van der Waals surface area (Å²) in [5.41, 5.74) is 9.18. The van der Waals surface area contributed by atoms with Crippen molar-refractivity contribution in [2.45, 2.75) is 6.42 Å². The minimum atomic E-state index is -0.395. The van der Waals surface area contributed by atoms with Gasteiger partial charge in [-0.3, -0.25) is 9.59 Å². The first kappa shape index (κ1) is 22.5. The molecular weight excluding hydrogens is 485 g/mol. The summed E-state index contributed by atoms with van der Waals surface area (Å²) in [7, 11) is 0. The van der Waals surface area contributed by atoms with Crippen LogP contribution in [0.2, 0.25) is 0 Å². The molecule has 1 amide bonds. The van der Waals surface area contributed by atoms with Crippen LogP contribution in [0.25, 0.3) is 11.1 Å². The molecule has 4 aromatic rings. The highest BCUT2D eigenvalue weighted by Crippen LogP contribution is 2.34. The highest BCUT2D eigenvalue weighted by Gasteiger charge is 2.27. The Morgan fingerprint density at radius 2 is 1.70 bits per heavy atom. The zero-order valence-corrected chi connectivity index (χ0v) is 19.2. The van der Waals surface area contributed by atoms with E-state index in [1.54, 1.807) is 36.4 Å². The molecule has 0 aliphatic carbocycles. The number of rotatable bonds is 7. The van der Waals surface area contributed by atoms with Crippen LogP contribution in [0.1, 0.15) is 32.0 Å². The van der Waals surface area contributed by atoms with Crippen LogP contribution >= 0.6 is 15.9 Å². The number of nitrogen functional groups attached to an aromatic ring is 1. The van der Waals surface area contributed by atoms with Crippen molar-refractivity contribution in [1.29, 1.82) is 0 Å². The predicted molar refractivity (Wildman–Crippen MR) is 131 cm³/mol. The van der Waals surface area contributed by atoms with Gasteiger partial charge < -0.3 is 16.0 Å². The Morgan fingerprint density at radius 1 is 0.970 bits per heavy atom. The van der Waals surface area contributed by atoms with Gasteiger partial charge in [0.05, 0.1) is 11.3 Å². The molecule has 33 heavy (non-hydrogen) atoms. The van der Waals surface area contributed by atoms with Gasteiger partial charge in [0.2, 0.25) is 5.78 Å². The number of H-pyrrole nitrogens is 1. The third-order valence-corrected chi connectivity index (χ3v) is 5.74. The molecule has 1 heterocycles. The second kappa shape index (κ2) is 9.83. The molecule has 0 saturated carbocycles. The molecule has 0 radical (unpaired) electrons. The number of anilines is 1. The van der Waals surface area contributed by atoms with Crippen LogP contribution in [0.5, 0.6) is 0 Å². The average molecular weight is 506 g/mol. The molecule has 0 unspecified atom stereocenters. The van der Waals surface area contributed by atoms with Gasteiger partial charge in [0.15, 0.2) is 0 Å². The maximum absolute atomic E-state index is 13.3. The maximum atomic E-state index is 13.3. The zero-order valence-electron chi connectivity index (χ0n) is 17.6. The first-order valence-electron chi connectivity index (χ1n) is 10.3. The first-order chi connectivity index (χ1) is 15.9. The van der Waals surface area contributed by atoms with Crippen LogP contribution in [0.3, 0.4) is 0 Å². The van der Waals surface area contributed by atoms with Crippen LogP contribution in [0.4, 0.5) is 10.2 Å². The minimum Gasteiger partial charge on any atom is -0.385 e. The molecule has 0 aliphatic heterocycles. The van der Waals surface area contributed by atoms with Crippen molar-refractivity contribution in [3.05, 3.63) is 112 Å². The lowest BCUT2D eigenvalue weighted by Crippen LogP contribution is -2.26. The summed E-state index contributed by atoms with van der Waals surface area (Å²) in [6, 6.07) is 22.3. The fourth-order valence-corrected chi connectivity index (χ4v) is 4.05. The molecule has 0 fully saturated rings. The summed E-state index contributed by atoms with van der Waals surface area (Å²) in [5.74, 6) is -0.851. The van der Waals surface area contributed by atoms with E-state index < -0.39 is 5.91 Å². The summed E-state index contributed by atoms with van der Waals surface area (Å²) in [5, 5.41) is 2.86. The summed E-state index contributed by atoms with van der Waals surface area (Å²) < 4.78 is 13.9. The van der Waals surface area contributed by atoms with E-state index in [0.29, 0.717) is 29.7 Å². The minimum absolute atomic E-state index is 0.114. The Bertz CT molecular complexity index is 1300. The summed E-state index contributed by atoms with van der Waals surface area (Å²) in [6.45, 7) is 0.328. The molecular formula is C26H21BrFN3O2. The lowest BCUT2D eigenvalue weighted by atomic mass is 9.96. The van der Waals surface area contributed by atoms with Crippen molar-refractivity contribution < 1.29 is 14.0 Å². The normalized spacial score (nSPS) is 10.7. The number of nitrogens with two attached hydrogens (primary N) is 1. The molecule has 0 aliphatic rings. The van der Waals surface area contributed by atoms with E-state index >= 15 is 0 Å². The first-order valence-corrected chi connectivity index (χ1v) is 11.1. The quantitative estimate of drug-likeness (QED) is 0.295. The lowest BCUT2D eigenvalue weighted by Gasteiger charge is -2.10. The average Bonchev–Trinajstić information content (AvgIpc) is 3.17.